The van der Waals surface area contributed by atoms with Crippen LogP contribution in [-0.4, -0.2) is 39.2 Å². The Balaban J connectivity index is 1.40. The number of nitrogens with one attached hydrogen (secondary N) is 1. The number of carbonyl (C=O) groups excluding carboxylic acids is 1. The van der Waals surface area contributed by atoms with Gasteiger partial charge in [0.25, 0.3) is 0 Å². The van der Waals surface area contributed by atoms with Crippen molar-refractivity contribution in [1.29, 1.82) is 0 Å². The van der Waals surface area contributed by atoms with Gasteiger partial charge in [0.05, 0.1) is 5.41 Å². The first-order valence-electron chi connectivity index (χ1n) is 10.6. The first-order valence-corrected chi connectivity index (χ1v) is 10.6. The molecule has 1 saturated heterocycles. The third-order valence-corrected chi connectivity index (χ3v) is 5.93. The molecule has 1 fully saturated rings. The standard InChI is InChI=1S/C24H22N6O3/c25-23-27-14-18(15-28-23)16-3-5-19(6-4-16)24(7-10-32-11-8-24)22(31)29-21-12-20(30-33-21)17-2-1-9-26-13-17/h1-6,9,12-15H,7-8,10-11H2,(H,29,31)(H2,25,27,28). The van der Waals surface area contributed by atoms with E-state index in [1.807, 2.05) is 36.4 Å². The fraction of sp³-hybridized carbons (Fsp3) is 0.208. The van der Waals surface area contributed by atoms with Crippen molar-refractivity contribution in [2.45, 2.75) is 18.3 Å². The summed E-state index contributed by atoms with van der Waals surface area (Å²) in [4.78, 5) is 25.7. The summed E-state index contributed by atoms with van der Waals surface area (Å²) in [5, 5.41) is 6.97. The van der Waals surface area contributed by atoms with Gasteiger partial charge in [0.15, 0.2) is 0 Å². The smallest absolute Gasteiger partial charge is 0.237 e. The molecule has 0 atom stereocenters. The number of ether oxygens (including phenoxy) is 1. The first-order chi connectivity index (χ1) is 16.1. The predicted octanol–water partition coefficient (Wildman–Crippen LogP) is 3.46. The number of hydrogen-bond acceptors (Lipinski definition) is 8. The number of anilines is 2. The Hall–Kier alpha value is -4.11. The monoisotopic (exact) mass is 442 g/mol. The van der Waals surface area contributed by atoms with Gasteiger partial charge in [-0.3, -0.25) is 15.1 Å². The molecule has 33 heavy (non-hydrogen) atoms. The highest BCUT2D eigenvalue weighted by molar-refractivity contribution is 5.98. The van der Waals surface area contributed by atoms with Crippen LogP contribution in [0.5, 0.6) is 0 Å². The Kier molecular flexibility index (Phi) is 5.54. The van der Waals surface area contributed by atoms with Gasteiger partial charge in [-0.1, -0.05) is 29.4 Å². The lowest BCUT2D eigenvalue weighted by atomic mass is 9.73. The maximum absolute atomic E-state index is 13.5. The first kappa shape index (κ1) is 20.8. The van der Waals surface area contributed by atoms with Crippen LogP contribution in [0.1, 0.15) is 18.4 Å². The molecule has 5 rings (SSSR count). The van der Waals surface area contributed by atoms with Crippen LogP contribution in [0.4, 0.5) is 11.8 Å². The summed E-state index contributed by atoms with van der Waals surface area (Å²) in [6, 6.07) is 13.3. The molecule has 1 aliphatic rings. The second-order valence-corrected chi connectivity index (χ2v) is 7.87. The number of benzene rings is 1. The summed E-state index contributed by atoms with van der Waals surface area (Å²) < 4.78 is 10.9. The maximum Gasteiger partial charge on any atom is 0.237 e. The molecule has 0 aliphatic carbocycles. The summed E-state index contributed by atoms with van der Waals surface area (Å²) in [5.74, 6) is 0.371. The van der Waals surface area contributed by atoms with Crippen molar-refractivity contribution >= 4 is 17.7 Å². The van der Waals surface area contributed by atoms with E-state index < -0.39 is 5.41 Å². The third-order valence-electron chi connectivity index (χ3n) is 5.93. The van der Waals surface area contributed by atoms with Gasteiger partial charge < -0.3 is 15.0 Å². The van der Waals surface area contributed by atoms with Gasteiger partial charge in [-0.05, 0) is 36.1 Å². The molecule has 1 aliphatic heterocycles. The molecule has 1 aromatic carbocycles. The molecule has 3 N–H and O–H groups in total. The minimum Gasteiger partial charge on any atom is -0.381 e. The predicted molar refractivity (Wildman–Crippen MR) is 122 cm³/mol. The fourth-order valence-electron chi connectivity index (χ4n) is 4.05. The maximum atomic E-state index is 13.5. The van der Waals surface area contributed by atoms with Gasteiger partial charge in [0, 0.05) is 55.2 Å². The molecule has 0 saturated carbocycles. The van der Waals surface area contributed by atoms with Crippen LogP contribution >= 0.6 is 0 Å². The van der Waals surface area contributed by atoms with Crippen molar-refractivity contribution in [3.05, 3.63) is 72.8 Å². The van der Waals surface area contributed by atoms with Gasteiger partial charge in [-0.2, -0.15) is 0 Å². The molecule has 3 aromatic heterocycles. The van der Waals surface area contributed by atoms with Crippen molar-refractivity contribution in [1.82, 2.24) is 20.1 Å². The molecule has 0 radical (unpaired) electrons. The van der Waals surface area contributed by atoms with Crippen LogP contribution in [0.2, 0.25) is 0 Å². The zero-order valence-electron chi connectivity index (χ0n) is 17.8. The van der Waals surface area contributed by atoms with E-state index in [0.29, 0.717) is 37.6 Å². The summed E-state index contributed by atoms with van der Waals surface area (Å²) in [7, 11) is 0. The minimum atomic E-state index is -0.740. The summed E-state index contributed by atoms with van der Waals surface area (Å²) >= 11 is 0. The average molecular weight is 442 g/mol. The second-order valence-electron chi connectivity index (χ2n) is 7.87. The van der Waals surface area contributed by atoms with Crippen LogP contribution in [0.25, 0.3) is 22.4 Å². The zero-order valence-corrected chi connectivity index (χ0v) is 17.8. The van der Waals surface area contributed by atoms with Crippen molar-refractivity contribution in [2.75, 3.05) is 24.3 Å². The van der Waals surface area contributed by atoms with Gasteiger partial charge in [-0.25, -0.2) is 9.97 Å². The largest absolute Gasteiger partial charge is 0.381 e. The van der Waals surface area contributed by atoms with Gasteiger partial charge >= 0.3 is 0 Å². The Morgan fingerprint density at radius 2 is 1.73 bits per heavy atom. The van der Waals surface area contributed by atoms with E-state index in [1.54, 1.807) is 30.9 Å². The molecule has 0 spiro atoms. The third kappa shape index (κ3) is 4.18. The molecular formula is C24H22N6O3. The van der Waals surface area contributed by atoms with Crippen molar-refractivity contribution in [3.8, 4) is 22.4 Å². The lowest BCUT2D eigenvalue weighted by Crippen LogP contribution is -2.44. The molecule has 9 heteroatoms. The van der Waals surface area contributed by atoms with Crippen molar-refractivity contribution in [2.24, 2.45) is 0 Å². The van der Waals surface area contributed by atoms with Crippen LogP contribution in [0, 0.1) is 0 Å². The molecule has 0 unspecified atom stereocenters. The van der Waals surface area contributed by atoms with Crippen molar-refractivity contribution < 1.29 is 14.1 Å². The number of hydrogen-bond donors (Lipinski definition) is 2. The molecule has 0 bridgehead atoms. The molecule has 9 nitrogen and oxygen atoms in total. The van der Waals surface area contributed by atoms with E-state index in [4.69, 9.17) is 15.0 Å². The fourth-order valence-corrected chi connectivity index (χ4v) is 4.05. The minimum absolute atomic E-state index is 0.150. The molecular weight excluding hydrogens is 420 g/mol. The van der Waals surface area contributed by atoms with E-state index in [0.717, 1.165) is 22.3 Å². The average Bonchev–Trinajstić information content (AvgIpc) is 3.34. The number of pyridine rings is 1. The number of nitrogen functional groups attached to an aromatic ring is 1. The van der Waals surface area contributed by atoms with Crippen LogP contribution in [0.15, 0.2) is 71.8 Å². The lowest BCUT2D eigenvalue weighted by Gasteiger charge is -2.36. The summed E-state index contributed by atoms with van der Waals surface area (Å²) in [6.07, 6.45) is 7.86. The number of carbonyl (C=O) groups is 1. The second kappa shape index (κ2) is 8.79. The van der Waals surface area contributed by atoms with E-state index in [9.17, 15) is 4.79 Å². The highest BCUT2D eigenvalue weighted by atomic mass is 16.5. The molecule has 1 amide bonds. The quantitative estimate of drug-likeness (QED) is 0.481. The number of aromatic nitrogens is 4. The SMILES string of the molecule is Nc1ncc(-c2ccc(C3(C(=O)Nc4cc(-c5cccnc5)no4)CCOCC3)cc2)cn1. The van der Waals surface area contributed by atoms with Crippen LogP contribution in [-0.2, 0) is 14.9 Å². The lowest BCUT2D eigenvalue weighted by molar-refractivity contribution is -0.125. The van der Waals surface area contributed by atoms with Gasteiger partial charge in [-0.15, -0.1) is 0 Å². The summed E-state index contributed by atoms with van der Waals surface area (Å²) in [5.41, 5.74) is 8.96. The van der Waals surface area contributed by atoms with E-state index in [1.165, 1.54) is 0 Å². The van der Waals surface area contributed by atoms with E-state index >= 15 is 0 Å². The summed E-state index contributed by atoms with van der Waals surface area (Å²) in [6.45, 7) is 0.997. The Morgan fingerprint density at radius 1 is 0.970 bits per heavy atom. The van der Waals surface area contributed by atoms with Crippen LogP contribution < -0.4 is 11.1 Å². The number of nitrogens with zero attached hydrogens (tertiary/aromatic N) is 4. The van der Waals surface area contributed by atoms with Crippen molar-refractivity contribution in [3.63, 3.8) is 0 Å². The highest BCUT2D eigenvalue weighted by Crippen LogP contribution is 2.37. The molecule has 4 aromatic rings. The Bertz CT molecular complexity index is 1230. The topological polar surface area (TPSA) is 129 Å². The number of nitrogens with two attached hydrogens (primary N) is 1. The van der Waals surface area contributed by atoms with Gasteiger partial charge in [0.1, 0.15) is 5.69 Å². The van der Waals surface area contributed by atoms with E-state index in [-0.39, 0.29) is 11.9 Å². The highest BCUT2D eigenvalue weighted by Gasteiger charge is 2.42. The zero-order chi connectivity index (χ0) is 22.7. The Morgan fingerprint density at radius 3 is 2.42 bits per heavy atom. The number of rotatable bonds is 5. The Labute approximate surface area is 190 Å². The van der Waals surface area contributed by atoms with Gasteiger partial charge in [0.2, 0.25) is 17.7 Å². The normalized spacial score (nSPS) is 15.2. The van der Waals surface area contributed by atoms with E-state index in [2.05, 4.69) is 25.4 Å². The van der Waals surface area contributed by atoms with Crippen LogP contribution in [0.3, 0.4) is 0 Å². The molecule has 4 heterocycles. The number of amides is 1. The molecule has 166 valence electrons.